The summed E-state index contributed by atoms with van der Waals surface area (Å²) in [5.41, 5.74) is 7.50. The maximum absolute atomic E-state index is 12.2. The smallest absolute Gasteiger partial charge is 0.412 e. The van der Waals surface area contributed by atoms with Crippen molar-refractivity contribution in [2.45, 2.75) is 52.7 Å². The van der Waals surface area contributed by atoms with Crippen LogP contribution < -0.4 is 21.7 Å². The van der Waals surface area contributed by atoms with Gasteiger partial charge in [-0.1, -0.05) is 44.0 Å². The molecule has 0 aliphatic rings. The third-order valence-electron chi connectivity index (χ3n) is 5.50. The molecule has 0 aromatic heterocycles. The molecule has 11 nitrogen and oxygen atoms in total. The second kappa shape index (κ2) is 18.6. The summed E-state index contributed by atoms with van der Waals surface area (Å²) in [6.45, 7) is 10.7. The molecule has 0 saturated heterocycles. The van der Waals surface area contributed by atoms with Crippen LogP contribution in [0, 0.1) is 0 Å². The molecule has 0 aliphatic heterocycles. The maximum Gasteiger partial charge on any atom is 0.412 e. The number of aromatic carboxylic acids is 1. The van der Waals surface area contributed by atoms with Crippen molar-refractivity contribution in [3.8, 4) is 0 Å². The molecule has 4 aromatic carbocycles. The van der Waals surface area contributed by atoms with Gasteiger partial charge in [0.05, 0.1) is 5.56 Å². The maximum atomic E-state index is 12.2. The van der Waals surface area contributed by atoms with Crippen molar-refractivity contribution in [3.05, 3.63) is 117 Å². The molecule has 3 amide bonds. The lowest BCUT2D eigenvalue weighted by Gasteiger charge is -2.19. The number of ether oxygens (including phenoxy) is 2. The molecule has 0 radical (unpaired) electrons. The fourth-order valence-corrected chi connectivity index (χ4v) is 4.34. The summed E-state index contributed by atoms with van der Waals surface area (Å²) in [6, 6.07) is 27.3. The molecular formula is C36H40Br2N4O7. The Labute approximate surface area is 302 Å². The summed E-state index contributed by atoms with van der Waals surface area (Å²) >= 11 is 6.64. The van der Waals surface area contributed by atoms with Gasteiger partial charge in [0.2, 0.25) is 0 Å². The molecule has 0 aliphatic carbocycles. The number of anilines is 4. The lowest BCUT2D eigenvalue weighted by molar-refractivity contribution is 0.0624. The highest BCUT2D eigenvalue weighted by Crippen LogP contribution is 2.18. The van der Waals surface area contributed by atoms with E-state index < -0.39 is 29.4 Å². The zero-order valence-corrected chi connectivity index (χ0v) is 31.1. The number of carbonyl (C=O) groups excluding carboxylic acids is 3. The number of carboxylic acids is 1. The predicted octanol–water partition coefficient (Wildman–Crippen LogP) is 9.81. The van der Waals surface area contributed by atoms with Crippen LogP contribution in [-0.4, -0.2) is 40.4 Å². The monoisotopic (exact) mass is 798 g/mol. The second-order valence-corrected chi connectivity index (χ2v) is 14.1. The van der Waals surface area contributed by atoms with Gasteiger partial charge in [-0.3, -0.25) is 15.4 Å². The average molecular weight is 801 g/mol. The van der Waals surface area contributed by atoms with E-state index in [4.69, 9.17) is 20.3 Å². The highest BCUT2D eigenvalue weighted by molar-refractivity contribution is 9.10. The number of nitrogens with one attached hydrogen (secondary N) is 3. The molecular weight excluding hydrogens is 760 g/mol. The Hall–Kier alpha value is -4.88. The van der Waals surface area contributed by atoms with Gasteiger partial charge in [0, 0.05) is 37.3 Å². The lowest BCUT2D eigenvalue weighted by atomic mass is 10.2. The summed E-state index contributed by atoms with van der Waals surface area (Å²) in [5, 5.41) is 16.6. The first-order chi connectivity index (χ1) is 22.8. The number of carbonyl (C=O) groups is 4. The average Bonchev–Trinajstić information content (AvgIpc) is 2.96. The standard InChI is InChI=1S/C18H19BrN2O3.C12H15NO4.C6H6BrN/c1-18(2,3)24-17(23)21-14-9-7-12(8-10-14)16(22)20-15-6-4-5-13(19)11-15;1-12(2,3)17-11(16)13-9-6-4-8(5-7-9)10(14)15;7-5-2-1-3-6(8)4-5/h4-11H,1-3H3,(H,20,22)(H,21,23);4-7H,1-3H3,(H,13,16)(H,14,15);1-4H,8H2. The number of benzene rings is 4. The first-order valence-corrected chi connectivity index (χ1v) is 16.4. The Morgan fingerprint density at radius 1 is 0.592 bits per heavy atom. The van der Waals surface area contributed by atoms with Gasteiger partial charge < -0.3 is 25.6 Å². The summed E-state index contributed by atoms with van der Waals surface area (Å²) in [7, 11) is 0. The van der Waals surface area contributed by atoms with Gasteiger partial charge in [0.1, 0.15) is 11.2 Å². The first kappa shape index (κ1) is 40.3. The zero-order valence-electron chi connectivity index (χ0n) is 28.0. The van der Waals surface area contributed by atoms with E-state index in [1.807, 2.05) is 42.5 Å². The van der Waals surface area contributed by atoms with E-state index >= 15 is 0 Å². The van der Waals surface area contributed by atoms with Gasteiger partial charge in [-0.25, -0.2) is 14.4 Å². The molecule has 0 heterocycles. The lowest BCUT2D eigenvalue weighted by Crippen LogP contribution is -2.27. The van der Waals surface area contributed by atoms with Gasteiger partial charge in [-0.05, 0) is 126 Å². The SMILES string of the molecule is CC(C)(C)OC(=O)Nc1ccc(C(=O)Nc2cccc(Br)c2)cc1.CC(C)(C)OC(=O)Nc1ccc(C(=O)O)cc1.Nc1cccc(Br)c1. The van der Waals surface area contributed by atoms with Gasteiger partial charge >= 0.3 is 18.2 Å². The normalized spacial score (nSPS) is 10.5. The van der Waals surface area contributed by atoms with Gasteiger partial charge in [-0.2, -0.15) is 0 Å². The molecule has 0 unspecified atom stereocenters. The molecule has 4 aromatic rings. The summed E-state index contributed by atoms with van der Waals surface area (Å²) in [5.74, 6) is -1.23. The van der Waals surface area contributed by atoms with Crippen LogP contribution in [0.2, 0.25) is 0 Å². The highest BCUT2D eigenvalue weighted by Gasteiger charge is 2.17. The summed E-state index contributed by atoms with van der Waals surface area (Å²) in [6.07, 6.45) is -1.10. The van der Waals surface area contributed by atoms with Crippen LogP contribution in [0.4, 0.5) is 32.3 Å². The van der Waals surface area contributed by atoms with E-state index in [2.05, 4.69) is 47.8 Å². The first-order valence-electron chi connectivity index (χ1n) is 14.8. The molecule has 13 heteroatoms. The molecule has 0 bridgehead atoms. The van der Waals surface area contributed by atoms with Crippen molar-refractivity contribution in [3.63, 3.8) is 0 Å². The Kier molecular flexibility index (Phi) is 15.3. The van der Waals surface area contributed by atoms with E-state index in [0.29, 0.717) is 22.6 Å². The van der Waals surface area contributed by atoms with Crippen molar-refractivity contribution in [1.82, 2.24) is 0 Å². The third-order valence-corrected chi connectivity index (χ3v) is 6.49. The van der Waals surface area contributed by atoms with Crippen LogP contribution in [0.3, 0.4) is 0 Å². The van der Waals surface area contributed by atoms with Gasteiger partial charge in [0.15, 0.2) is 0 Å². The fraction of sp³-hybridized carbons (Fsp3) is 0.222. The minimum atomic E-state index is -1.01. The molecule has 0 saturated carbocycles. The van der Waals surface area contributed by atoms with Crippen molar-refractivity contribution in [2.75, 3.05) is 21.7 Å². The highest BCUT2D eigenvalue weighted by atomic mass is 79.9. The molecule has 0 atom stereocenters. The van der Waals surface area contributed by atoms with Crippen molar-refractivity contribution in [2.24, 2.45) is 0 Å². The largest absolute Gasteiger partial charge is 0.478 e. The quantitative estimate of drug-likeness (QED) is 0.124. The molecule has 260 valence electrons. The van der Waals surface area contributed by atoms with E-state index in [-0.39, 0.29) is 11.5 Å². The number of hydrogen-bond donors (Lipinski definition) is 5. The fourth-order valence-electron chi connectivity index (χ4n) is 3.52. The van der Waals surface area contributed by atoms with Crippen molar-refractivity contribution >= 4 is 78.7 Å². The Morgan fingerprint density at radius 2 is 1.02 bits per heavy atom. The topological polar surface area (TPSA) is 169 Å². The van der Waals surface area contributed by atoms with Gasteiger partial charge in [-0.15, -0.1) is 0 Å². The van der Waals surface area contributed by atoms with Crippen LogP contribution in [0.25, 0.3) is 0 Å². The summed E-state index contributed by atoms with van der Waals surface area (Å²) < 4.78 is 12.1. The number of hydrogen-bond acceptors (Lipinski definition) is 7. The molecule has 0 spiro atoms. The third kappa shape index (κ3) is 17.2. The molecule has 4 rings (SSSR count). The van der Waals surface area contributed by atoms with E-state index in [0.717, 1.165) is 14.6 Å². The molecule has 6 N–H and O–H groups in total. The van der Waals surface area contributed by atoms with Gasteiger partial charge in [0.25, 0.3) is 5.91 Å². The minimum Gasteiger partial charge on any atom is -0.478 e. The minimum absolute atomic E-state index is 0.166. The number of nitrogens with two attached hydrogens (primary N) is 1. The number of carboxylic acid groups (broad SMARTS) is 1. The van der Waals surface area contributed by atoms with Crippen LogP contribution in [-0.2, 0) is 9.47 Å². The zero-order chi connectivity index (χ0) is 36.8. The van der Waals surface area contributed by atoms with E-state index in [1.54, 1.807) is 71.9 Å². The van der Waals surface area contributed by atoms with Crippen LogP contribution in [0.1, 0.15) is 62.3 Å². The molecule has 0 fully saturated rings. The van der Waals surface area contributed by atoms with Crippen LogP contribution in [0.15, 0.2) is 106 Å². The number of nitrogen functional groups attached to an aromatic ring is 1. The van der Waals surface area contributed by atoms with E-state index in [9.17, 15) is 19.2 Å². The molecule has 49 heavy (non-hydrogen) atoms. The Balaban J connectivity index is 0.000000288. The van der Waals surface area contributed by atoms with Crippen molar-refractivity contribution < 1.29 is 33.8 Å². The van der Waals surface area contributed by atoms with Crippen molar-refractivity contribution in [1.29, 1.82) is 0 Å². The Bertz CT molecular complexity index is 1700. The number of amides is 3. The second-order valence-electron chi connectivity index (χ2n) is 12.2. The predicted molar refractivity (Wildman–Crippen MR) is 200 cm³/mol. The van der Waals surface area contributed by atoms with E-state index in [1.165, 1.54) is 24.3 Å². The number of halogens is 2. The van der Waals surface area contributed by atoms with Crippen LogP contribution >= 0.6 is 31.9 Å². The Morgan fingerprint density at radius 3 is 1.39 bits per heavy atom. The number of rotatable bonds is 5. The summed E-state index contributed by atoms with van der Waals surface area (Å²) in [4.78, 5) is 45.9. The van der Waals surface area contributed by atoms with Crippen LogP contribution in [0.5, 0.6) is 0 Å².